The van der Waals surface area contributed by atoms with E-state index in [0.29, 0.717) is 0 Å². The van der Waals surface area contributed by atoms with Gasteiger partial charge in [-0.2, -0.15) is 0 Å². The molecule has 0 N–H and O–H groups in total. The molecule has 1 saturated heterocycles. The van der Waals surface area contributed by atoms with Gasteiger partial charge >= 0.3 is 6.09 Å². The van der Waals surface area contributed by atoms with Crippen molar-refractivity contribution in [1.29, 1.82) is 0 Å². The Morgan fingerprint density at radius 2 is 1.85 bits per heavy atom. The van der Waals surface area contributed by atoms with Gasteiger partial charge < -0.3 is 4.74 Å². The highest BCUT2D eigenvalue weighted by atomic mass is 19.1. The summed E-state index contributed by atoms with van der Waals surface area (Å²) in [6.07, 6.45) is -0.243. The number of rotatable bonds is 6. The Hall–Kier alpha value is -3.02. The van der Waals surface area contributed by atoms with Gasteiger partial charge in [0, 0.05) is 18.4 Å². The number of hydrogen-bond donors (Lipinski definition) is 0. The first-order chi connectivity index (χ1) is 12.6. The first-order valence-electron chi connectivity index (χ1n) is 8.39. The van der Waals surface area contributed by atoms with Crippen LogP contribution in [0.25, 0.3) is 0 Å². The highest BCUT2D eigenvalue weighted by Gasteiger charge is 2.38. The molecule has 6 heteroatoms. The molecule has 0 spiro atoms. The van der Waals surface area contributed by atoms with E-state index >= 15 is 0 Å². The van der Waals surface area contributed by atoms with E-state index in [9.17, 15) is 18.8 Å². The van der Waals surface area contributed by atoms with Gasteiger partial charge in [0.15, 0.2) is 5.78 Å². The number of ether oxygens (including phenoxy) is 1. The number of nitrogens with zero attached hydrogens (tertiary/aromatic N) is 1. The van der Waals surface area contributed by atoms with Crippen molar-refractivity contribution in [3.05, 3.63) is 71.5 Å². The zero-order valence-electron chi connectivity index (χ0n) is 14.1. The summed E-state index contributed by atoms with van der Waals surface area (Å²) in [7, 11) is 0. The third kappa shape index (κ3) is 3.96. The molecule has 1 aliphatic rings. The fourth-order valence-corrected chi connectivity index (χ4v) is 2.94. The van der Waals surface area contributed by atoms with E-state index in [1.165, 1.54) is 24.3 Å². The SMILES string of the molecule is O=C(CCCC(=O)N1C(=O)OC[C@@H]1c1ccccc1)c1cccc(F)c1. The van der Waals surface area contributed by atoms with Crippen LogP contribution in [0.5, 0.6) is 0 Å². The number of carbonyl (C=O) groups is 3. The topological polar surface area (TPSA) is 63.7 Å². The van der Waals surface area contributed by atoms with Crippen molar-refractivity contribution < 1.29 is 23.5 Å². The lowest BCUT2D eigenvalue weighted by molar-refractivity contribution is -0.129. The van der Waals surface area contributed by atoms with Gasteiger partial charge in [-0.1, -0.05) is 42.5 Å². The lowest BCUT2D eigenvalue weighted by Gasteiger charge is -2.19. The smallest absolute Gasteiger partial charge is 0.417 e. The Balaban J connectivity index is 1.58. The third-order valence-corrected chi connectivity index (χ3v) is 4.27. The number of ketones is 1. The quantitative estimate of drug-likeness (QED) is 0.737. The number of Topliss-reactive ketones (excluding diaryl/α,β-unsaturated/α-hetero) is 1. The number of imide groups is 1. The number of carbonyl (C=O) groups excluding carboxylic acids is 3. The van der Waals surface area contributed by atoms with Gasteiger partial charge in [0.05, 0.1) is 0 Å². The molecule has 3 rings (SSSR count). The summed E-state index contributed by atoms with van der Waals surface area (Å²) in [4.78, 5) is 37.6. The molecule has 2 aromatic rings. The molecule has 5 nitrogen and oxygen atoms in total. The molecule has 0 aliphatic carbocycles. The average molecular weight is 355 g/mol. The molecular weight excluding hydrogens is 337 g/mol. The minimum atomic E-state index is -0.666. The van der Waals surface area contributed by atoms with E-state index in [1.807, 2.05) is 30.3 Å². The van der Waals surface area contributed by atoms with Gasteiger partial charge in [-0.15, -0.1) is 0 Å². The summed E-state index contributed by atoms with van der Waals surface area (Å²) >= 11 is 0. The van der Waals surface area contributed by atoms with Crippen molar-refractivity contribution in [1.82, 2.24) is 4.90 Å². The van der Waals surface area contributed by atoms with Crippen molar-refractivity contribution >= 4 is 17.8 Å². The Morgan fingerprint density at radius 1 is 1.08 bits per heavy atom. The van der Waals surface area contributed by atoms with Crippen molar-refractivity contribution in [3.63, 3.8) is 0 Å². The molecule has 1 aliphatic heterocycles. The molecule has 0 radical (unpaired) electrons. The Labute approximate surface area is 150 Å². The van der Waals surface area contributed by atoms with Crippen LogP contribution in [0.4, 0.5) is 9.18 Å². The Bertz CT molecular complexity index is 822. The first-order valence-corrected chi connectivity index (χ1v) is 8.39. The van der Waals surface area contributed by atoms with Crippen LogP contribution in [-0.2, 0) is 9.53 Å². The summed E-state index contributed by atoms with van der Waals surface area (Å²) < 4.78 is 18.2. The van der Waals surface area contributed by atoms with Crippen LogP contribution in [0.1, 0.15) is 41.2 Å². The average Bonchev–Trinajstić information content (AvgIpc) is 3.04. The van der Waals surface area contributed by atoms with Crippen molar-refractivity contribution in [3.8, 4) is 0 Å². The van der Waals surface area contributed by atoms with Crippen LogP contribution in [0.15, 0.2) is 54.6 Å². The van der Waals surface area contributed by atoms with Crippen LogP contribution in [0.3, 0.4) is 0 Å². The molecule has 2 amide bonds. The Morgan fingerprint density at radius 3 is 2.58 bits per heavy atom. The summed E-state index contributed by atoms with van der Waals surface area (Å²) in [5, 5.41) is 0. The third-order valence-electron chi connectivity index (χ3n) is 4.27. The van der Waals surface area contributed by atoms with E-state index in [0.717, 1.165) is 10.5 Å². The fourth-order valence-electron chi connectivity index (χ4n) is 2.94. The normalized spacial score (nSPS) is 16.4. The minimum absolute atomic E-state index is 0.0412. The summed E-state index contributed by atoms with van der Waals surface area (Å²) in [5.41, 5.74) is 1.10. The zero-order chi connectivity index (χ0) is 18.5. The largest absolute Gasteiger partial charge is 0.446 e. The van der Waals surface area contributed by atoms with E-state index in [2.05, 4.69) is 0 Å². The van der Waals surface area contributed by atoms with Crippen LogP contribution < -0.4 is 0 Å². The maximum Gasteiger partial charge on any atom is 0.417 e. The lowest BCUT2D eigenvalue weighted by atomic mass is 10.0. The van der Waals surface area contributed by atoms with E-state index < -0.39 is 18.0 Å². The van der Waals surface area contributed by atoms with E-state index in [-0.39, 0.29) is 43.1 Å². The number of amides is 2. The van der Waals surface area contributed by atoms with E-state index in [4.69, 9.17) is 4.74 Å². The van der Waals surface area contributed by atoms with Crippen molar-refractivity contribution in [2.24, 2.45) is 0 Å². The maximum atomic E-state index is 13.2. The lowest BCUT2D eigenvalue weighted by Crippen LogP contribution is -2.34. The summed E-state index contributed by atoms with van der Waals surface area (Å²) in [5.74, 6) is -1.09. The molecule has 134 valence electrons. The van der Waals surface area contributed by atoms with E-state index in [1.54, 1.807) is 0 Å². The fraction of sp³-hybridized carbons (Fsp3) is 0.250. The molecule has 1 heterocycles. The van der Waals surface area contributed by atoms with Crippen LogP contribution in [-0.4, -0.2) is 29.3 Å². The highest BCUT2D eigenvalue weighted by Crippen LogP contribution is 2.28. The van der Waals surface area contributed by atoms with Crippen LogP contribution in [0, 0.1) is 5.82 Å². The minimum Gasteiger partial charge on any atom is -0.446 e. The monoisotopic (exact) mass is 355 g/mol. The molecule has 0 saturated carbocycles. The molecule has 26 heavy (non-hydrogen) atoms. The molecule has 0 aromatic heterocycles. The summed E-state index contributed by atoms with van der Waals surface area (Å²) in [6, 6.07) is 14.2. The van der Waals surface area contributed by atoms with Gasteiger partial charge in [0.2, 0.25) is 5.91 Å². The predicted molar refractivity (Wildman–Crippen MR) is 92.0 cm³/mol. The van der Waals surface area contributed by atoms with Gasteiger partial charge in [-0.05, 0) is 24.1 Å². The second-order valence-corrected chi connectivity index (χ2v) is 6.05. The van der Waals surface area contributed by atoms with Crippen molar-refractivity contribution in [2.45, 2.75) is 25.3 Å². The Kier molecular flexibility index (Phi) is 5.41. The predicted octanol–water partition coefficient (Wildman–Crippen LogP) is 3.90. The standard InChI is InChI=1S/C20H18FNO4/c21-16-9-4-8-15(12-16)18(23)10-5-11-19(24)22-17(13-26-20(22)25)14-6-2-1-3-7-14/h1-4,6-9,12,17H,5,10-11,13H2/t17-/m1/s1. The molecule has 2 aromatic carbocycles. The van der Waals surface area contributed by atoms with Gasteiger partial charge in [-0.25, -0.2) is 14.1 Å². The van der Waals surface area contributed by atoms with Gasteiger partial charge in [-0.3, -0.25) is 9.59 Å². The van der Waals surface area contributed by atoms with Gasteiger partial charge in [0.25, 0.3) is 0 Å². The van der Waals surface area contributed by atoms with Crippen LogP contribution in [0.2, 0.25) is 0 Å². The number of halogens is 1. The second-order valence-electron chi connectivity index (χ2n) is 6.05. The zero-order valence-corrected chi connectivity index (χ0v) is 14.1. The number of hydrogen-bond acceptors (Lipinski definition) is 4. The van der Waals surface area contributed by atoms with Crippen molar-refractivity contribution in [2.75, 3.05) is 6.61 Å². The molecule has 1 atom stereocenters. The van der Waals surface area contributed by atoms with Crippen LogP contribution >= 0.6 is 0 Å². The first kappa shape index (κ1) is 17.8. The summed E-state index contributed by atoms with van der Waals surface area (Å²) in [6.45, 7) is 0.122. The molecule has 0 unspecified atom stereocenters. The molecule has 1 fully saturated rings. The molecule has 0 bridgehead atoms. The number of cyclic esters (lactones) is 1. The maximum absolute atomic E-state index is 13.2. The highest BCUT2D eigenvalue weighted by molar-refractivity contribution is 5.97. The second kappa shape index (κ2) is 7.91. The van der Waals surface area contributed by atoms with Gasteiger partial charge in [0.1, 0.15) is 18.5 Å². The molecular formula is C20H18FNO4. The number of benzene rings is 2.